The molecule has 2 fully saturated rings. The standard InChI is InChI=1S/C13H26N2O2/c1-3-12-8-15(5-7-17-12)13(2,10-14)11-4-6-16-9-11/h11-12H,3-10,14H2,1-2H3. The lowest BCUT2D eigenvalue weighted by atomic mass is 9.82. The normalized spacial score (nSPS) is 34.8. The number of morpholine rings is 1. The molecular formula is C13H26N2O2. The minimum absolute atomic E-state index is 0.0771. The van der Waals surface area contributed by atoms with E-state index >= 15 is 0 Å². The summed E-state index contributed by atoms with van der Waals surface area (Å²) in [5.41, 5.74) is 6.14. The smallest absolute Gasteiger partial charge is 0.0700 e. The van der Waals surface area contributed by atoms with Crippen molar-refractivity contribution in [2.75, 3.05) is 39.5 Å². The summed E-state index contributed by atoms with van der Waals surface area (Å²) in [6, 6.07) is 0. The lowest BCUT2D eigenvalue weighted by Gasteiger charge is -2.47. The predicted molar refractivity (Wildman–Crippen MR) is 68.0 cm³/mol. The molecule has 100 valence electrons. The van der Waals surface area contributed by atoms with Crippen LogP contribution in [0.15, 0.2) is 0 Å². The molecule has 0 aromatic carbocycles. The molecular weight excluding hydrogens is 216 g/mol. The topological polar surface area (TPSA) is 47.7 Å². The summed E-state index contributed by atoms with van der Waals surface area (Å²) in [4.78, 5) is 2.53. The van der Waals surface area contributed by atoms with E-state index in [2.05, 4.69) is 18.7 Å². The van der Waals surface area contributed by atoms with Gasteiger partial charge < -0.3 is 15.2 Å². The quantitative estimate of drug-likeness (QED) is 0.794. The second-order valence-corrected chi connectivity index (χ2v) is 5.47. The van der Waals surface area contributed by atoms with Gasteiger partial charge >= 0.3 is 0 Å². The first-order valence-corrected chi connectivity index (χ1v) is 6.85. The molecule has 0 aromatic heterocycles. The zero-order valence-electron chi connectivity index (χ0n) is 11.2. The van der Waals surface area contributed by atoms with E-state index in [0.717, 1.165) is 45.8 Å². The number of ether oxygens (including phenoxy) is 2. The SMILES string of the molecule is CCC1CN(C(C)(CN)C2CCOC2)CCO1. The molecule has 0 aliphatic carbocycles. The zero-order chi connectivity index (χ0) is 12.3. The maximum Gasteiger partial charge on any atom is 0.0700 e. The van der Waals surface area contributed by atoms with Crippen LogP contribution in [0.25, 0.3) is 0 Å². The Morgan fingerprint density at radius 2 is 2.24 bits per heavy atom. The highest BCUT2D eigenvalue weighted by Gasteiger charge is 2.42. The van der Waals surface area contributed by atoms with Gasteiger partial charge in [-0.3, -0.25) is 4.90 Å². The van der Waals surface area contributed by atoms with Crippen molar-refractivity contribution < 1.29 is 9.47 Å². The summed E-state index contributed by atoms with van der Waals surface area (Å²) < 4.78 is 11.3. The molecule has 0 radical (unpaired) electrons. The van der Waals surface area contributed by atoms with E-state index in [-0.39, 0.29) is 5.54 Å². The van der Waals surface area contributed by atoms with Gasteiger partial charge in [0.15, 0.2) is 0 Å². The first kappa shape index (κ1) is 13.3. The highest BCUT2D eigenvalue weighted by molar-refractivity contribution is 4.97. The van der Waals surface area contributed by atoms with Crippen molar-refractivity contribution in [2.24, 2.45) is 11.7 Å². The molecule has 2 N–H and O–H groups in total. The highest BCUT2D eigenvalue weighted by atomic mass is 16.5. The minimum atomic E-state index is 0.0771. The molecule has 3 unspecified atom stereocenters. The lowest BCUT2D eigenvalue weighted by Crippen LogP contribution is -2.61. The first-order valence-electron chi connectivity index (χ1n) is 6.85. The summed E-state index contributed by atoms with van der Waals surface area (Å²) in [5.74, 6) is 0.572. The fourth-order valence-electron chi connectivity index (χ4n) is 3.01. The van der Waals surface area contributed by atoms with Crippen molar-refractivity contribution in [2.45, 2.75) is 38.3 Å². The molecule has 0 bridgehead atoms. The van der Waals surface area contributed by atoms with Crippen LogP contribution in [-0.2, 0) is 9.47 Å². The van der Waals surface area contributed by atoms with Gasteiger partial charge in [-0.2, -0.15) is 0 Å². The third kappa shape index (κ3) is 2.65. The third-order valence-corrected chi connectivity index (χ3v) is 4.54. The maximum atomic E-state index is 6.07. The van der Waals surface area contributed by atoms with E-state index in [9.17, 15) is 0 Å². The summed E-state index contributed by atoms with van der Waals surface area (Å²) in [6.45, 7) is 9.79. The molecule has 4 nitrogen and oxygen atoms in total. The minimum Gasteiger partial charge on any atom is -0.381 e. The van der Waals surface area contributed by atoms with Crippen molar-refractivity contribution >= 4 is 0 Å². The molecule has 0 aromatic rings. The van der Waals surface area contributed by atoms with Crippen LogP contribution in [0.3, 0.4) is 0 Å². The fourth-order valence-corrected chi connectivity index (χ4v) is 3.01. The van der Waals surface area contributed by atoms with E-state index < -0.39 is 0 Å². The molecule has 0 saturated carbocycles. The second-order valence-electron chi connectivity index (χ2n) is 5.47. The highest BCUT2D eigenvalue weighted by Crippen LogP contribution is 2.32. The maximum absolute atomic E-state index is 6.07. The second kappa shape index (κ2) is 5.65. The molecule has 0 amide bonds. The van der Waals surface area contributed by atoms with Gasteiger partial charge in [-0.15, -0.1) is 0 Å². The van der Waals surface area contributed by atoms with Crippen molar-refractivity contribution in [3.05, 3.63) is 0 Å². The first-order chi connectivity index (χ1) is 8.20. The van der Waals surface area contributed by atoms with Crippen molar-refractivity contribution in [1.82, 2.24) is 4.90 Å². The summed E-state index contributed by atoms with van der Waals surface area (Å²) >= 11 is 0. The average Bonchev–Trinajstić information content (AvgIpc) is 2.92. The molecule has 2 rings (SSSR count). The number of rotatable bonds is 4. The van der Waals surface area contributed by atoms with Crippen molar-refractivity contribution in [3.8, 4) is 0 Å². The van der Waals surface area contributed by atoms with Crippen molar-refractivity contribution in [3.63, 3.8) is 0 Å². The van der Waals surface area contributed by atoms with Crippen molar-refractivity contribution in [1.29, 1.82) is 0 Å². The van der Waals surface area contributed by atoms with Gasteiger partial charge in [-0.1, -0.05) is 6.92 Å². The Bertz CT molecular complexity index is 244. The Labute approximate surface area is 104 Å². The van der Waals surface area contributed by atoms with E-state index in [1.165, 1.54) is 0 Å². The Kier molecular flexibility index (Phi) is 4.42. The Morgan fingerprint density at radius 1 is 1.41 bits per heavy atom. The van der Waals surface area contributed by atoms with Gasteiger partial charge in [-0.25, -0.2) is 0 Å². The largest absolute Gasteiger partial charge is 0.381 e. The molecule has 2 aliphatic rings. The number of nitrogens with two attached hydrogens (primary N) is 1. The molecule has 4 heteroatoms. The van der Waals surface area contributed by atoms with Crippen LogP contribution in [0.2, 0.25) is 0 Å². The van der Waals surface area contributed by atoms with Crippen LogP contribution in [0.1, 0.15) is 26.7 Å². The van der Waals surface area contributed by atoms with E-state index in [1.54, 1.807) is 0 Å². The molecule has 2 saturated heterocycles. The average molecular weight is 242 g/mol. The van der Waals surface area contributed by atoms with Crippen LogP contribution < -0.4 is 5.73 Å². The van der Waals surface area contributed by atoms with Crippen LogP contribution in [0.5, 0.6) is 0 Å². The fraction of sp³-hybridized carbons (Fsp3) is 1.00. The number of hydrogen-bond acceptors (Lipinski definition) is 4. The van der Waals surface area contributed by atoms with Gasteiger partial charge in [0.2, 0.25) is 0 Å². The summed E-state index contributed by atoms with van der Waals surface area (Å²) in [5, 5.41) is 0. The molecule has 17 heavy (non-hydrogen) atoms. The van der Waals surface area contributed by atoms with Crippen LogP contribution in [0, 0.1) is 5.92 Å². The van der Waals surface area contributed by atoms with Gasteiger partial charge in [0.1, 0.15) is 0 Å². The monoisotopic (exact) mass is 242 g/mol. The van der Waals surface area contributed by atoms with Crippen LogP contribution in [0.4, 0.5) is 0 Å². The molecule has 2 heterocycles. The zero-order valence-corrected chi connectivity index (χ0v) is 11.2. The third-order valence-electron chi connectivity index (χ3n) is 4.54. The Hall–Kier alpha value is -0.160. The summed E-state index contributed by atoms with van der Waals surface area (Å²) in [6.07, 6.45) is 2.59. The van der Waals surface area contributed by atoms with E-state index in [1.807, 2.05) is 0 Å². The Morgan fingerprint density at radius 3 is 2.82 bits per heavy atom. The van der Waals surface area contributed by atoms with Gasteiger partial charge in [0.25, 0.3) is 0 Å². The van der Waals surface area contributed by atoms with E-state index in [4.69, 9.17) is 15.2 Å². The molecule has 2 aliphatic heterocycles. The summed E-state index contributed by atoms with van der Waals surface area (Å²) in [7, 11) is 0. The number of hydrogen-bond donors (Lipinski definition) is 1. The predicted octanol–water partition coefficient (Wildman–Crippen LogP) is 0.851. The van der Waals surface area contributed by atoms with Crippen LogP contribution >= 0.6 is 0 Å². The van der Waals surface area contributed by atoms with Gasteiger partial charge in [0, 0.05) is 37.7 Å². The molecule has 0 spiro atoms. The molecule has 3 atom stereocenters. The van der Waals surface area contributed by atoms with E-state index in [0.29, 0.717) is 18.6 Å². The van der Waals surface area contributed by atoms with Crippen LogP contribution in [-0.4, -0.2) is 56.0 Å². The Balaban J connectivity index is 2.05. The van der Waals surface area contributed by atoms with Gasteiger partial charge in [-0.05, 0) is 19.8 Å². The lowest BCUT2D eigenvalue weighted by molar-refractivity contribution is -0.0799. The van der Waals surface area contributed by atoms with Gasteiger partial charge in [0.05, 0.1) is 19.3 Å². The number of nitrogens with zero attached hydrogens (tertiary/aromatic N) is 1.